The second kappa shape index (κ2) is 14.4. The average molecular weight is 733 g/mol. The highest BCUT2D eigenvalue weighted by atomic mass is 31.2. The Morgan fingerprint density at radius 3 is 1.83 bits per heavy atom. The lowest BCUT2D eigenvalue weighted by molar-refractivity contribution is -0.105. The number of carbonyl (C=O) groups excluding carboxylic acids is 1. The van der Waals surface area contributed by atoms with Crippen molar-refractivity contribution < 1.29 is 47.6 Å². The second-order valence-electron chi connectivity index (χ2n) is 11.9. The van der Waals surface area contributed by atoms with Crippen LogP contribution in [0.15, 0.2) is 131 Å². The van der Waals surface area contributed by atoms with Crippen LogP contribution in [0, 0.1) is 0 Å². The van der Waals surface area contributed by atoms with Gasteiger partial charge in [0.25, 0.3) is 11.5 Å². The first-order valence-electron chi connectivity index (χ1n) is 15.9. The minimum atomic E-state index is -5.83. The lowest BCUT2D eigenvalue weighted by Crippen LogP contribution is -2.49. The van der Waals surface area contributed by atoms with Crippen LogP contribution in [0.3, 0.4) is 0 Å². The molecule has 0 bridgehead atoms. The quantitative estimate of drug-likeness (QED) is 0.133. The van der Waals surface area contributed by atoms with Crippen molar-refractivity contribution >= 4 is 13.5 Å². The van der Waals surface area contributed by atoms with Gasteiger partial charge in [0, 0.05) is 17.8 Å². The van der Waals surface area contributed by atoms with Crippen LogP contribution < -0.4 is 20.7 Å². The molecule has 0 amide bonds. The van der Waals surface area contributed by atoms with Gasteiger partial charge in [-0.25, -0.2) is 9.18 Å². The number of nitrogens with zero attached hydrogens (tertiary/aromatic N) is 2. The first-order chi connectivity index (χ1) is 24.9. The summed E-state index contributed by atoms with van der Waals surface area (Å²) < 4.78 is 53.3. The highest BCUT2D eigenvalue weighted by Crippen LogP contribution is 2.60. The Labute approximate surface area is 296 Å². The number of ether oxygens (including phenoxy) is 4. The molecule has 1 aliphatic heterocycles. The normalized spacial score (nSPS) is 20.4. The topological polar surface area (TPSA) is 176 Å². The molecule has 0 unspecified atom stereocenters. The van der Waals surface area contributed by atoms with Gasteiger partial charge in [0.15, 0.2) is 12.4 Å². The van der Waals surface area contributed by atoms with Crippen LogP contribution in [0.2, 0.25) is 0 Å². The molecule has 0 spiro atoms. The molecule has 1 fully saturated rings. The smallest absolute Gasteiger partial charge is 0.362 e. The molecule has 3 N–H and O–H groups in total. The maximum absolute atomic E-state index is 16.5. The zero-order valence-corrected chi connectivity index (χ0v) is 28.7. The van der Waals surface area contributed by atoms with Gasteiger partial charge in [-0.05, 0) is 53.1 Å². The summed E-state index contributed by atoms with van der Waals surface area (Å²) in [6, 6.07) is 30.6. The van der Waals surface area contributed by atoms with E-state index in [4.69, 9.17) is 18.9 Å². The SMILES string of the molecule is COc1ccc(C(OC[C@H]2O[C@@H](n3ccc(=O)n(C(=O)c4ccccc4)c3=O)[C@H](F)[C@@]2(O)P(=O)(O)O)(c2ccccc2)c2ccc(OC)cc2)cc1. The van der Waals surface area contributed by atoms with Crippen molar-refractivity contribution in [2.24, 2.45) is 0 Å². The van der Waals surface area contributed by atoms with Crippen molar-refractivity contribution in [1.82, 2.24) is 9.13 Å². The Balaban J connectivity index is 1.46. The van der Waals surface area contributed by atoms with Gasteiger partial charge >= 0.3 is 13.3 Å². The maximum Gasteiger partial charge on any atom is 0.362 e. The van der Waals surface area contributed by atoms with E-state index in [-0.39, 0.29) is 10.1 Å². The van der Waals surface area contributed by atoms with Crippen LogP contribution in [-0.2, 0) is 19.6 Å². The highest BCUT2D eigenvalue weighted by molar-refractivity contribution is 7.53. The predicted octanol–water partition coefficient (Wildman–Crippen LogP) is 3.83. The highest BCUT2D eigenvalue weighted by Gasteiger charge is 2.67. The second-order valence-corrected chi connectivity index (χ2v) is 13.7. The van der Waals surface area contributed by atoms with Gasteiger partial charge in [-0.3, -0.25) is 18.7 Å². The average Bonchev–Trinajstić information content (AvgIpc) is 3.42. The number of carbonyl (C=O) groups is 1. The van der Waals surface area contributed by atoms with Crippen LogP contribution in [0.4, 0.5) is 4.39 Å². The third kappa shape index (κ3) is 6.30. The number of hydrogen-bond donors (Lipinski definition) is 3. The Morgan fingerprint density at radius 2 is 1.33 bits per heavy atom. The van der Waals surface area contributed by atoms with E-state index in [1.165, 1.54) is 38.5 Å². The Bertz CT molecular complexity index is 2160. The van der Waals surface area contributed by atoms with Gasteiger partial charge in [0.2, 0.25) is 5.34 Å². The largest absolute Gasteiger partial charge is 0.497 e. The molecule has 52 heavy (non-hydrogen) atoms. The third-order valence-electron chi connectivity index (χ3n) is 9.03. The molecule has 4 aromatic carbocycles. The number of aromatic nitrogens is 2. The van der Waals surface area contributed by atoms with Gasteiger partial charge in [-0.2, -0.15) is 4.57 Å². The fourth-order valence-electron chi connectivity index (χ4n) is 6.30. The van der Waals surface area contributed by atoms with Crippen molar-refractivity contribution in [1.29, 1.82) is 0 Å². The lowest BCUT2D eigenvalue weighted by Gasteiger charge is -2.38. The zero-order chi connectivity index (χ0) is 37.3. The van der Waals surface area contributed by atoms with Crippen molar-refractivity contribution in [2.75, 3.05) is 20.8 Å². The summed E-state index contributed by atoms with van der Waals surface area (Å²) in [7, 11) is -2.83. The molecule has 5 aromatic rings. The first-order valence-corrected chi connectivity index (χ1v) is 17.5. The number of benzene rings is 4. The summed E-state index contributed by atoms with van der Waals surface area (Å²) in [5.41, 5.74) is -2.44. The third-order valence-corrected chi connectivity index (χ3v) is 10.5. The zero-order valence-electron chi connectivity index (χ0n) is 27.8. The van der Waals surface area contributed by atoms with Crippen molar-refractivity contribution in [3.8, 4) is 11.5 Å². The van der Waals surface area contributed by atoms with Crippen molar-refractivity contribution in [2.45, 2.75) is 29.4 Å². The van der Waals surface area contributed by atoms with Crippen LogP contribution in [0.5, 0.6) is 11.5 Å². The Morgan fingerprint density at radius 1 is 0.827 bits per heavy atom. The summed E-state index contributed by atoms with van der Waals surface area (Å²) in [6.07, 6.45) is -6.44. The molecule has 0 radical (unpaired) electrons. The standard InChI is InChI=1S/C37H34FN2O11P/c1-48-28-17-13-26(14-18-28)36(25-11-7-4-8-12-25,27-15-19-29(49-2)20-16-27)50-23-30-37(44,52(45,46)47)32(38)34(51-30)39-22-21-31(41)40(35(39)43)33(42)24-9-5-3-6-10-24/h3-22,30,32,34,44H,23H2,1-2H3,(H2,45,46,47)/t30-,32+,34-,37+/m1/s1. The summed E-state index contributed by atoms with van der Waals surface area (Å²) in [6.45, 7) is -0.844. The van der Waals surface area contributed by atoms with E-state index < -0.39 is 60.8 Å². The maximum atomic E-state index is 16.5. The number of hydrogen-bond acceptors (Lipinski definition) is 9. The van der Waals surface area contributed by atoms with Crippen LogP contribution >= 0.6 is 7.60 Å². The van der Waals surface area contributed by atoms with Crippen molar-refractivity contribution in [3.05, 3.63) is 165 Å². The number of rotatable bonds is 11. The fourth-order valence-corrected chi connectivity index (χ4v) is 7.26. The first kappa shape index (κ1) is 36.6. The molecular weight excluding hydrogens is 698 g/mol. The van der Waals surface area contributed by atoms with Crippen LogP contribution in [0.1, 0.15) is 33.3 Å². The van der Waals surface area contributed by atoms with Crippen LogP contribution in [-0.4, -0.2) is 68.4 Å². The fraction of sp³-hybridized carbons (Fsp3) is 0.216. The number of methoxy groups -OCH3 is 2. The number of aliphatic hydroxyl groups is 1. The molecule has 15 heteroatoms. The van der Waals surface area contributed by atoms with Gasteiger partial charge in [0.05, 0.1) is 20.8 Å². The van der Waals surface area contributed by atoms with Gasteiger partial charge in [-0.1, -0.05) is 72.8 Å². The molecular formula is C37H34FN2O11P. The minimum absolute atomic E-state index is 0.0316. The molecule has 2 heterocycles. The molecule has 0 aliphatic carbocycles. The van der Waals surface area contributed by atoms with E-state index >= 15 is 4.39 Å². The molecule has 4 atom stereocenters. The van der Waals surface area contributed by atoms with Crippen molar-refractivity contribution in [3.63, 3.8) is 0 Å². The van der Waals surface area contributed by atoms with Gasteiger partial charge in [-0.15, -0.1) is 0 Å². The molecule has 1 aromatic heterocycles. The number of alkyl halides is 1. The molecule has 270 valence electrons. The predicted molar refractivity (Wildman–Crippen MR) is 185 cm³/mol. The Kier molecular flexibility index (Phi) is 10.1. The molecule has 0 saturated carbocycles. The molecule has 1 saturated heterocycles. The van der Waals surface area contributed by atoms with Crippen LogP contribution in [0.25, 0.3) is 0 Å². The molecule has 1 aliphatic rings. The van der Waals surface area contributed by atoms with Gasteiger partial charge < -0.3 is 33.8 Å². The summed E-state index contributed by atoms with van der Waals surface area (Å²) in [4.78, 5) is 60.4. The Hall–Kier alpha value is -5.21. The van der Waals surface area contributed by atoms with E-state index in [1.54, 1.807) is 84.9 Å². The summed E-state index contributed by atoms with van der Waals surface area (Å²) in [5.74, 6) is 0.0160. The van der Waals surface area contributed by atoms with Gasteiger partial charge in [0.1, 0.15) is 23.2 Å². The van der Waals surface area contributed by atoms with E-state index in [0.29, 0.717) is 32.8 Å². The number of halogens is 1. The monoisotopic (exact) mass is 732 g/mol. The minimum Gasteiger partial charge on any atom is -0.497 e. The summed E-state index contributed by atoms with van der Waals surface area (Å²) >= 11 is 0. The van der Waals surface area contributed by atoms with E-state index in [0.717, 1.165) is 12.3 Å². The molecule has 13 nitrogen and oxygen atoms in total. The molecule has 6 rings (SSSR count). The summed E-state index contributed by atoms with van der Waals surface area (Å²) in [5, 5.41) is 8.06. The lowest BCUT2D eigenvalue weighted by atomic mass is 9.80. The van der Waals surface area contributed by atoms with E-state index in [2.05, 4.69) is 0 Å². The van der Waals surface area contributed by atoms with E-state index in [1.807, 2.05) is 0 Å². The van der Waals surface area contributed by atoms with E-state index in [9.17, 15) is 33.8 Å².